The fraction of sp³-hybridized carbons (Fsp3) is 0. The van der Waals surface area contributed by atoms with Crippen LogP contribution in [0.2, 0.25) is 0 Å². The third-order valence-electron chi connectivity index (χ3n) is 9.46. The molecule has 3 aromatic heterocycles. The molecule has 0 saturated carbocycles. The molecule has 7 aromatic carbocycles. The van der Waals surface area contributed by atoms with Gasteiger partial charge in [-0.3, -0.25) is 4.57 Å². The Balaban J connectivity index is 1.29. The van der Waals surface area contributed by atoms with Gasteiger partial charge in [-0.2, -0.15) is 9.97 Å². The van der Waals surface area contributed by atoms with E-state index in [0.29, 0.717) is 17.6 Å². The van der Waals surface area contributed by atoms with Gasteiger partial charge in [-0.15, -0.1) is 0 Å². The van der Waals surface area contributed by atoms with Crippen LogP contribution < -0.4 is 0 Å². The number of para-hydroxylation sites is 1. The van der Waals surface area contributed by atoms with Crippen LogP contribution in [0.25, 0.3) is 94.7 Å². The van der Waals surface area contributed by atoms with Crippen molar-refractivity contribution in [3.63, 3.8) is 0 Å². The summed E-state index contributed by atoms with van der Waals surface area (Å²) in [6, 6.07) is 58.5. The average molecular weight is 641 g/mol. The normalized spacial score (nSPS) is 11.6. The predicted octanol–water partition coefficient (Wildman–Crippen LogP) is 11.5. The Labute approximate surface area is 287 Å². The Bertz CT molecular complexity index is 2840. The van der Waals surface area contributed by atoms with Crippen molar-refractivity contribution in [1.29, 1.82) is 0 Å². The van der Waals surface area contributed by atoms with Crippen LogP contribution in [0.3, 0.4) is 0 Å². The summed E-state index contributed by atoms with van der Waals surface area (Å²) in [7, 11) is 0. The molecule has 0 aliphatic heterocycles. The number of rotatable bonds is 5. The van der Waals surface area contributed by atoms with Crippen molar-refractivity contribution in [3.8, 4) is 51.0 Å². The molecule has 0 aliphatic rings. The van der Waals surface area contributed by atoms with E-state index in [-0.39, 0.29) is 0 Å². The highest BCUT2D eigenvalue weighted by Gasteiger charge is 2.23. The maximum absolute atomic E-state index is 6.68. The summed E-state index contributed by atoms with van der Waals surface area (Å²) in [5, 5.41) is 4.30. The van der Waals surface area contributed by atoms with Crippen LogP contribution >= 0.6 is 0 Å². The van der Waals surface area contributed by atoms with Crippen LogP contribution in [-0.2, 0) is 0 Å². The first-order valence-electron chi connectivity index (χ1n) is 16.7. The first-order chi connectivity index (χ1) is 24.8. The Morgan fingerprint density at radius 3 is 1.60 bits per heavy atom. The Morgan fingerprint density at radius 1 is 0.360 bits per heavy atom. The number of aromatic nitrogens is 4. The van der Waals surface area contributed by atoms with Gasteiger partial charge in [0.25, 0.3) is 0 Å². The molecule has 0 amide bonds. The molecule has 0 atom stereocenters. The number of fused-ring (bicyclic) bond motifs is 2. The van der Waals surface area contributed by atoms with Crippen molar-refractivity contribution in [2.24, 2.45) is 0 Å². The minimum atomic E-state index is 0.545. The highest BCUT2D eigenvalue weighted by atomic mass is 16.3. The molecule has 0 fully saturated rings. The molecule has 0 unspecified atom stereocenters. The van der Waals surface area contributed by atoms with Gasteiger partial charge in [0.1, 0.15) is 11.2 Å². The molecule has 0 saturated heterocycles. The van der Waals surface area contributed by atoms with Gasteiger partial charge in [0, 0.05) is 21.9 Å². The molecule has 0 aliphatic carbocycles. The van der Waals surface area contributed by atoms with Crippen molar-refractivity contribution in [2.75, 3.05) is 0 Å². The number of nitrogens with zero attached hydrogens (tertiary/aromatic N) is 4. The molecule has 10 aromatic rings. The minimum Gasteiger partial charge on any atom is -0.456 e. The molecule has 0 N–H and O–H groups in total. The molecule has 234 valence electrons. The van der Waals surface area contributed by atoms with Gasteiger partial charge in [0.15, 0.2) is 11.6 Å². The number of benzene rings is 7. The van der Waals surface area contributed by atoms with Crippen molar-refractivity contribution in [3.05, 3.63) is 170 Å². The Morgan fingerprint density at radius 2 is 0.900 bits per heavy atom. The van der Waals surface area contributed by atoms with Gasteiger partial charge in [-0.05, 0) is 58.0 Å². The zero-order valence-electron chi connectivity index (χ0n) is 26.9. The van der Waals surface area contributed by atoms with E-state index < -0.39 is 0 Å². The molecule has 0 spiro atoms. The first kappa shape index (κ1) is 28.2. The summed E-state index contributed by atoms with van der Waals surface area (Å²) in [5.41, 5.74) is 9.97. The third kappa shape index (κ3) is 4.60. The minimum absolute atomic E-state index is 0.545. The van der Waals surface area contributed by atoms with E-state index in [1.165, 1.54) is 0 Å². The first-order valence-corrected chi connectivity index (χ1v) is 16.7. The van der Waals surface area contributed by atoms with Gasteiger partial charge in [0.2, 0.25) is 5.95 Å². The lowest BCUT2D eigenvalue weighted by atomic mass is 9.98. The Hall–Kier alpha value is -6.85. The van der Waals surface area contributed by atoms with Crippen molar-refractivity contribution in [2.45, 2.75) is 0 Å². The quantitative estimate of drug-likeness (QED) is 0.188. The molecule has 50 heavy (non-hydrogen) atoms. The second kappa shape index (κ2) is 11.4. The maximum Gasteiger partial charge on any atom is 0.238 e. The van der Waals surface area contributed by atoms with Crippen LogP contribution in [0, 0.1) is 0 Å². The molecule has 0 radical (unpaired) electrons. The monoisotopic (exact) mass is 640 g/mol. The highest BCUT2D eigenvalue weighted by molar-refractivity contribution is 6.27. The fourth-order valence-electron chi connectivity index (χ4n) is 7.11. The predicted molar refractivity (Wildman–Crippen MR) is 203 cm³/mol. The van der Waals surface area contributed by atoms with Crippen molar-refractivity contribution in [1.82, 2.24) is 19.5 Å². The van der Waals surface area contributed by atoms with Gasteiger partial charge in [-0.25, -0.2) is 4.98 Å². The summed E-state index contributed by atoms with van der Waals surface area (Å²) < 4.78 is 8.86. The molecular formula is C45H28N4O. The van der Waals surface area contributed by atoms with Gasteiger partial charge < -0.3 is 4.42 Å². The van der Waals surface area contributed by atoms with Crippen LogP contribution in [-0.4, -0.2) is 19.5 Å². The zero-order valence-corrected chi connectivity index (χ0v) is 26.9. The van der Waals surface area contributed by atoms with E-state index in [4.69, 9.17) is 19.4 Å². The van der Waals surface area contributed by atoms with Crippen LogP contribution in [0.15, 0.2) is 174 Å². The average Bonchev–Trinajstić information content (AvgIpc) is 3.46. The number of hydrogen-bond donors (Lipinski definition) is 0. The smallest absolute Gasteiger partial charge is 0.238 e. The van der Waals surface area contributed by atoms with Gasteiger partial charge >= 0.3 is 0 Å². The molecular weight excluding hydrogens is 613 g/mol. The summed E-state index contributed by atoms with van der Waals surface area (Å²) in [5.74, 6) is 1.76. The van der Waals surface area contributed by atoms with Gasteiger partial charge in [0.05, 0.1) is 16.4 Å². The van der Waals surface area contributed by atoms with Gasteiger partial charge in [-0.1, -0.05) is 140 Å². The molecule has 3 heterocycles. The molecule has 5 heteroatoms. The van der Waals surface area contributed by atoms with Crippen LogP contribution in [0.1, 0.15) is 0 Å². The summed E-state index contributed by atoms with van der Waals surface area (Å²) in [6.07, 6.45) is 0. The maximum atomic E-state index is 6.68. The van der Waals surface area contributed by atoms with E-state index in [2.05, 4.69) is 108 Å². The van der Waals surface area contributed by atoms with Crippen LogP contribution in [0.4, 0.5) is 0 Å². The Kier molecular flexibility index (Phi) is 6.42. The molecule has 5 nitrogen and oxygen atoms in total. The van der Waals surface area contributed by atoms with E-state index in [9.17, 15) is 0 Å². The summed E-state index contributed by atoms with van der Waals surface area (Å²) in [4.78, 5) is 15.5. The lowest BCUT2D eigenvalue weighted by Gasteiger charge is -2.12. The van der Waals surface area contributed by atoms with Crippen molar-refractivity contribution >= 4 is 43.7 Å². The second-order valence-electron chi connectivity index (χ2n) is 12.5. The van der Waals surface area contributed by atoms with Crippen molar-refractivity contribution < 1.29 is 4.42 Å². The van der Waals surface area contributed by atoms with E-state index >= 15 is 0 Å². The summed E-state index contributed by atoms with van der Waals surface area (Å²) >= 11 is 0. The largest absolute Gasteiger partial charge is 0.456 e. The molecule has 10 rings (SSSR count). The third-order valence-corrected chi connectivity index (χ3v) is 9.46. The van der Waals surface area contributed by atoms with Crippen LogP contribution in [0.5, 0.6) is 0 Å². The SMILES string of the molecule is c1ccc(-c2ccc(-c3nc(-c4ccccc4)nc(-n4c5cccc6oc7ccccc7c7cc(-c8ccccc8)cc4c7c65)n3)cc2)cc1. The second-order valence-corrected chi connectivity index (χ2v) is 12.5. The zero-order chi connectivity index (χ0) is 33.0. The van der Waals surface area contributed by atoms with E-state index in [1.807, 2.05) is 66.7 Å². The summed E-state index contributed by atoms with van der Waals surface area (Å²) in [6.45, 7) is 0. The fourth-order valence-corrected chi connectivity index (χ4v) is 7.11. The highest BCUT2D eigenvalue weighted by Crippen LogP contribution is 2.43. The standard InChI is InChI=1S/C45H28N4O/c1-4-13-29(14-5-1)31-23-25-33(26-24-31)44-46-43(32-17-8-3-9-18-32)47-45(48-44)49-37-20-12-22-40-42(37)41-36(35-19-10-11-21-39(35)50-40)27-34(28-38(41)49)30-15-6-2-7-16-30/h1-28H. The van der Waals surface area contributed by atoms with E-state index in [0.717, 1.165) is 77.1 Å². The topological polar surface area (TPSA) is 56.7 Å². The lowest BCUT2D eigenvalue weighted by Crippen LogP contribution is -2.06. The molecule has 0 bridgehead atoms. The van der Waals surface area contributed by atoms with E-state index in [1.54, 1.807) is 0 Å². The lowest BCUT2D eigenvalue weighted by molar-refractivity contribution is 0.664. The number of hydrogen-bond acceptors (Lipinski definition) is 4.